The molecule has 1 amide bonds. The van der Waals surface area contributed by atoms with Gasteiger partial charge in [0, 0.05) is 31.9 Å². The van der Waals surface area contributed by atoms with Crippen molar-refractivity contribution in [3.8, 4) is 5.82 Å². The molecule has 1 saturated carbocycles. The molecule has 2 aromatic heterocycles. The fourth-order valence-electron chi connectivity index (χ4n) is 5.03. The van der Waals surface area contributed by atoms with Crippen molar-refractivity contribution in [3.63, 3.8) is 0 Å². The smallest absolute Gasteiger partial charge is 0.349 e. The fraction of sp³-hybridized carbons (Fsp3) is 0.625. The Labute approximate surface area is 192 Å². The average Bonchev–Trinajstić information content (AvgIpc) is 3.44. The molecule has 0 aromatic carbocycles. The van der Waals surface area contributed by atoms with Gasteiger partial charge in [-0.05, 0) is 49.7 Å². The third-order valence-electron chi connectivity index (χ3n) is 6.80. The number of nitrogens with one attached hydrogen (secondary N) is 1. The Morgan fingerprint density at radius 3 is 2.39 bits per heavy atom. The summed E-state index contributed by atoms with van der Waals surface area (Å²) in [7, 11) is 0. The molecule has 180 valence electrons. The predicted molar refractivity (Wildman–Crippen MR) is 119 cm³/mol. The molecule has 4 rings (SSSR count). The Bertz CT molecular complexity index is 940. The number of rotatable bonds is 6. The summed E-state index contributed by atoms with van der Waals surface area (Å²) in [5.41, 5.74) is 0.264. The zero-order valence-corrected chi connectivity index (χ0v) is 19.2. The van der Waals surface area contributed by atoms with Crippen LogP contribution in [-0.2, 0) is 6.18 Å². The van der Waals surface area contributed by atoms with E-state index in [1.54, 1.807) is 0 Å². The minimum Gasteiger partial charge on any atom is -0.349 e. The van der Waals surface area contributed by atoms with Crippen LogP contribution in [0.15, 0.2) is 24.5 Å². The van der Waals surface area contributed by atoms with E-state index in [4.69, 9.17) is 0 Å². The van der Waals surface area contributed by atoms with Crippen LogP contribution >= 0.6 is 0 Å². The first-order chi connectivity index (χ1) is 15.7. The molecule has 3 heterocycles. The summed E-state index contributed by atoms with van der Waals surface area (Å²) in [5, 5.41) is 7.44. The summed E-state index contributed by atoms with van der Waals surface area (Å²) < 4.78 is 40.1. The summed E-state index contributed by atoms with van der Waals surface area (Å²) >= 11 is 0. The third-order valence-corrected chi connectivity index (χ3v) is 6.80. The van der Waals surface area contributed by atoms with Crippen molar-refractivity contribution in [3.05, 3.63) is 41.3 Å². The van der Waals surface area contributed by atoms with Gasteiger partial charge in [-0.1, -0.05) is 26.7 Å². The number of carbonyl (C=O) groups is 1. The molecule has 0 atom stereocenters. The molecule has 0 unspecified atom stereocenters. The summed E-state index contributed by atoms with van der Waals surface area (Å²) in [6.07, 6.45) is 5.05. The maximum atomic E-state index is 13.1. The Hall–Kier alpha value is -2.42. The largest absolute Gasteiger partial charge is 0.417 e. The maximum Gasteiger partial charge on any atom is 0.417 e. The molecule has 1 N–H and O–H groups in total. The van der Waals surface area contributed by atoms with Gasteiger partial charge >= 0.3 is 6.18 Å². The standard InChI is InChI=1S/C24H32F3N5O/c1-16(2)22-20(14-29-32(22)21-8-7-18(13-28-21)24(25,26)27)23(33)30-19-9-11-31(12-10-19)15-17-5-3-4-6-17/h7-8,13-14,16-17,19H,3-6,9-12,15H2,1-2H3,(H,30,33). The average molecular weight is 464 g/mol. The van der Waals surface area contributed by atoms with Crippen molar-refractivity contribution in [2.24, 2.45) is 5.92 Å². The van der Waals surface area contributed by atoms with Gasteiger partial charge in [-0.3, -0.25) is 4.79 Å². The second kappa shape index (κ2) is 9.83. The van der Waals surface area contributed by atoms with Gasteiger partial charge in [0.05, 0.1) is 23.0 Å². The molecule has 0 spiro atoms. The topological polar surface area (TPSA) is 63.1 Å². The molecule has 2 aromatic rings. The van der Waals surface area contributed by atoms with Crippen LogP contribution in [0.3, 0.4) is 0 Å². The summed E-state index contributed by atoms with van der Waals surface area (Å²) in [6, 6.07) is 2.38. The molecule has 1 saturated heterocycles. The Morgan fingerprint density at radius 2 is 1.82 bits per heavy atom. The quantitative estimate of drug-likeness (QED) is 0.669. The molecule has 33 heavy (non-hydrogen) atoms. The summed E-state index contributed by atoms with van der Waals surface area (Å²) in [4.78, 5) is 19.5. The van der Waals surface area contributed by atoms with E-state index in [9.17, 15) is 18.0 Å². The molecule has 6 nitrogen and oxygen atoms in total. The third kappa shape index (κ3) is 5.57. The second-order valence-electron chi connectivity index (χ2n) is 9.61. The minimum atomic E-state index is -4.45. The molecule has 2 aliphatic rings. The van der Waals surface area contributed by atoms with Crippen molar-refractivity contribution in [1.29, 1.82) is 0 Å². The Kier molecular flexibility index (Phi) is 7.07. The van der Waals surface area contributed by atoms with Crippen molar-refractivity contribution >= 4 is 5.91 Å². The van der Waals surface area contributed by atoms with E-state index >= 15 is 0 Å². The van der Waals surface area contributed by atoms with Crippen molar-refractivity contribution in [1.82, 2.24) is 25.0 Å². The fourth-order valence-corrected chi connectivity index (χ4v) is 5.03. The number of hydrogen-bond donors (Lipinski definition) is 1. The highest BCUT2D eigenvalue weighted by molar-refractivity contribution is 5.95. The number of piperidine rings is 1. The first kappa shape index (κ1) is 23.7. The molecule has 0 radical (unpaired) electrons. The number of nitrogens with zero attached hydrogens (tertiary/aromatic N) is 4. The zero-order chi connectivity index (χ0) is 23.6. The second-order valence-corrected chi connectivity index (χ2v) is 9.61. The van der Waals surface area contributed by atoms with Crippen LogP contribution < -0.4 is 5.32 Å². The first-order valence-electron chi connectivity index (χ1n) is 11.9. The highest BCUT2D eigenvalue weighted by atomic mass is 19.4. The SMILES string of the molecule is CC(C)c1c(C(=O)NC2CCN(CC3CCCC3)CC2)cnn1-c1ccc(C(F)(F)F)cn1. The van der Waals surface area contributed by atoms with Gasteiger partial charge in [0.1, 0.15) is 0 Å². The lowest BCUT2D eigenvalue weighted by Gasteiger charge is -2.33. The molecule has 0 bridgehead atoms. The molecule has 2 fully saturated rings. The number of aromatic nitrogens is 3. The van der Waals surface area contributed by atoms with Gasteiger partial charge in [0.25, 0.3) is 5.91 Å². The van der Waals surface area contributed by atoms with Crippen LogP contribution in [0.25, 0.3) is 5.82 Å². The monoisotopic (exact) mass is 463 g/mol. The summed E-state index contributed by atoms with van der Waals surface area (Å²) in [5.74, 6) is 0.831. The lowest BCUT2D eigenvalue weighted by molar-refractivity contribution is -0.137. The molecule has 1 aliphatic carbocycles. The van der Waals surface area contributed by atoms with Crippen LogP contribution in [0, 0.1) is 5.92 Å². The molecular weight excluding hydrogens is 431 g/mol. The number of hydrogen-bond acceptors (Lipinski definition) is 4. The number of carbonyl (C=O) groups excluding carboxylic acids is 1. The normalized spacial score (nSPS) is 18.8. The van der Waals surface area contributed by atoms with Crippen LogP contribution in [0.4, 0.5) is 13.2 Å². The van der Waals surface area contributed by atoms with Gasteiger partial charge in [0.15, 0.2) is 5.82 Å². The van der Waals surface area contributed by atoms with E-state index in [0.717, 1.165) is 44.1 Å². The van der Waals surface area contributed by atoms with Crippen molar-refractivity contribution in [2.45, 2.75) is 70.5 Å². The highest BCUT2D eigenvalue weighted by Crippen LogP contribution is 2.30. The number of amides is 1. The number of pyridine rings is 1. The van der Waals surface area contributed by atoms with Gasteiger partial charge in [-0.25, -0.2) is 9.67 Å². The number of alkyl halides is 3. The van der Waals surface area contributed by atoms with Crippen LogP contribution in [0.5, 0.6) is 0 Å². The van der Waals surface area contributed by atoms with Crippen molar-refractivity contribution < 1.29 is 18.0 Å². The lowest BCUT2D eigenvalue weighted by Crippen LogP contribution is -2.45. The Morgan fingerprint density at radius 1 is 1.12 bits per heavy atom. The van der Waals surface area contributed by atoms with Crippen molar-refractivity contribution in [2.75, 3.05) is 19.6 Å². The van der Waals surface area contributed by atoms with Crippen LogP contribution in [0.2, 0.25) is 0 Å². The first-order valence-corrected chi connectivity index (χ1v) is 11.9. The van der Waals surface area contributed by atoms with E-state index in [1.165, 1.54) is 49.2 Å². The maximum absolute atomic E-state index is 13.1. The van der Waals surface area contributed by atoms with E-state index in [1.807, 2.05) is 13.8 Å². The van der Waals surface area contributed by atoms with E-state index in [0.29, 0.717) is 11.3 Å². The lowest BCUT2D eigenvalue weighted by atomic mass is 10.0. The van der Waals surface area contributed by atoms with Crippen LogP contribution in [0.1, 0.15) is 79.9 Å². The summed E-state index contributed by atoms with van der Waals surface area (Å²) in [6.45, 7) is 7.01. The number of halogens is 3. The van der Waals surface area contributed by atoms with Gasteiger partial charge < -0.3 is 10.2 Å². The minimum absolute atomic E-state index is 0.0643. The molecule has 1 aliphatic heterocycles. The molecule has 9 heteroatoms. The highest BCUT2D eigenvalue weighted by Gasteiger charge is 2.31. The zero-order valence-electron chi connectivity index (χ0n) is 19.2. The van der Waals surface area contributed by atoms with Crippen LogP contribution in [-0.4, -0.2) is 51.2 Å². The van der Waals surface area contributed by atoms with E-state index < -0.39 is 11.7 Å². The molecular formula is C24H32F3N5O. The van der Waals surface area contributed by atoms with Gasteiger partial charge in [-0.15, -0.1) is 0 Å². The Balaban J connectivity index is 1.41. The number of likely N-dealkylation sites (tertiary alicyclic amines) is 1. The van der Waals surface area contributed by atoms with Gasteiger partial charge in [0.2, 0.25) is 0 Å². The van der Waals surface area contributed by atoms with Gasteiger partial charge in [-0.2, -0.15) is 18.3 Å². The predicted octanol–water partition coefficient (Wildman–Crippen LogP) is 4.79. The van der Waals surface area contributed by atoms with E-state index in [-0.39, 0.29) is 23.7 Å². The van der Waals surface area contributed by atoms with E-state index in [2.05, 4.69) is 20.3 Å².